The Morgan fingerprint density at radius 1 is 1.21 bits per heavy atom. The van der Waals surface area contributed by atoms with Gasteiger partial charge in [0.05, 0.1) is 6.61 Å². The van der Waals surface area contributed by atoms with E-state index in [1.165, 1.54) is 16.8 Å². The Morgan fingerprint density at radius 2 is 1.95 bits per heavy atom. The van der Waals surface area contributed by atoms with Crippen LogP contribution < -0.4 is 10.2 Å². The molecule has 1 aromatic rings. The maximum atomic E-state index is 8.97. The number of benzene rings is 1. The van der Waals surface area contributed by atoms with E-state index in [9.17, 15) is 0 Å². The van der Waals surface area contributed by atoms with E-state index in [1.54, 1.807) is 0 Å². The molecule has 4 nitrogen and oxygen atoms in total. The van der Waals surface area contributed by atoms with Crippen molar-refractivity contribution in [3.05, 3.63) is 29.3 Å². The quantitative estimate of drug-likeness (QED) is 0.825. The zero-order chi connectivity index (χ0) is 13.7. The summed E-state index contributed by atoms with van der Waals surface area (Å²) in [6.45, 7) is 8.35. The van der Waals surface area contributed by atoms with Gasteiger partial charge in [0.15, 0.2) is 0 Å². The van der Waals surface area contributed by atoms with Crippen LogP contribution in [0.1, 0.15) is 11.1 Å². The molecular formula is C15H25N3O. The van der Waals surface area contributed by atoms with Crippen molar-refractivity contribution < 1.29 is 5.11 Å². The van der Waals surface area contributed by atoms with Crippen molar-refractivity contribution in [1.29, 1.82) is 0 Å². The number of anilines is 1. The number of aliphatic hydroxyl groups is 1. The van der Waals surface area contributed by atoms with Crippen molar-refractivity contribution in [1.82, 2.24) is 10.2 Å². The fraction of sp³-hybridized carbons (Fsp3) is 0.600. The van der Waals surface area contributed by atoms with Gasteiger partial charge in [0.25, 0.3) is 0 Å². The van der Waals surface area contributed by atoms with Crippen LogP contribution in [0.25, 0.3) is 0 Å². The first-order valence-electron chi connectivity index (χ1n) is 7.07. The summed E-state index contributed by atoms with van der Waals surface area (Å²) >= 11 is 0. The van der Waals surface area contributed by atoms with E-state index in [4.69, 9.17) is 5.11 Å². The van der Waals surface area contributed by atoms with Gasteiger partial charge in [-0.2, -0.15) is 0 Å². The Labute approximate surface area is 116 Å². The van der Waals surface area contributed by atoms with Crippen molar-refractivity contribution in [2.24, 2.45) is 0 Å². The van der Waals surface area contributed by atoms with E-state index in [0.29, 0.717) is 0 Å². The van der Waals surface area contributed by atoms with Crippen molar-refractivity contribution in [3.8, 4) is 0 Å². The van der Waals surface area contributed by atoms with Crippen LogP contribution in [0, 0.1) is 6.92 Å². The van der Waals surface area contributed by atoms with Gasteiger partial charge < -0.3 is 15.3 Å². The molecule has 2 rings (SSSR count). The van der Waals surface area contributed by atoms with E-state index < -0.39 is 0 Å². The average molecular weight is 263 g/mol. The Kier molecular flexibility index (Phi) is 5.19. The molecule has 0 aromatic heterocycles. The lowest BCUT2D eigenvalue weighted by Crippen LogP contribution is -2.47. The lowest BCUT2D eigenvalue weighted by Gasteiger charge is -2.36. The van der Waals surface area contributed by atoms with E-state index in [2.05, 4.69) is 40.2 Å². The van der Waals surface area contributed by atoms with E-state index in [1.807, 2.05) is 7.05 Å². The molecule has 1 saturated heterocycles. The number of nitrogens with one attached hydrogen (secondary N) is 1. The van der Waals surface area contributed by atoms with Gasteiger partial charge in [-0.1, -0.05) is 12.1 Å². The molecule has 1 fully saturated rings. The molecule has 1 aliphatic heterocycles. The van der Waals surface area contributed by atoms with Gasteiger partial charge in [0, 0.05) is 45.0 Å². The van der Waals surface area contributed by atoms with Crippen molar-refractivity contribution in [2.45, 2.75) is 13.5 Å². The number of nitrogens with zero attached hydrogens (tertiary/aromatic N) is 2. The monoisotopic (exact) mass is 263 g/mol. The van der Waals surface area contributed by atoms with Gasteiger partial charge >= 0.3 is 0 Å². The Hall–Kier alpha value is -1.10. The largest absolute Gasteiger partial charge is 0.395 e. The molecule has 1 aromatic carbocycles. The number of β-amino-alcohol motifs (C(OH)–C–C–N with tert-alkyl or cyclic N) is 1. The highest BCUT2D eigenvalue weighted by molar-refractivity contribution is 5.54. The van der Waals surface area contributed by atoms with Crippen LogP contribution in [0.15, 0.2) is 18.2 Å². The third-order valence-electron chi connectivity index (χ3n) is 3.77. The summed E-state index contributed by atoms with van der Waals surface area (Å²) in [5.41, 5.74) is 4.04. The molecule has 1 heterocycles. The standard InChI is InChI=1S/C15H25N3O/c1-13-11-14(12-16-2)3-4-15(13)18-7-5-17(6-8-18)9-10-19/h3-4,11,16,19H,5-10,12H2,1-2H3. The van der Waals surface area contributed by atoms with Gasteiger partial charge in [0.1, 0.15) is 0 Å². The van der Waals surface area contributed by atoms with Gasteiger partial charge in [-0.15, -0.1) is 0 Å². The smallest absolute Gasteiger partial charge is 0.0558 e. The van der Waals surface area contributed by atoms with E-state index in [-0.39, 0.29) is 6.61 Å². The van der Waals surface area contributed by atoms with Crippen LogP contribution in [0.3, 0.4) is 0 Å². The zero-order valence-corrected chi connectivity index (χ0v) is 12.0. The van der Waals surface area contributed by atoms with Crippen LogP contribution in [-0.2, 0) is 6.54 Å². The molecule has 2 N–H and O–H groups in total. The van der Waals surface area contributed by atoms with Crippen LogP contribution in [0.2, 0.25) is 0 Å². The first-order valence-corrected chi connectivity index (χ1v) is 7.07. The Bertz CT molecular complexity index is 400. The maximum Gasteiger partial charge on any atom is 0.0558 e. The second-order valence-electron chi connectivity index (χ2n) is 5.20. The molecule has 0 radical (unpaired) electrons. The summed E-state index contributed by atoms with van der Waals surface area (Å²) in [5.74, 6) is 0. The van der Waals surface area contributed by atoms with Crippen LogP contribution in [0.5, 0.6) is 0 Å². The number of rotatable bonds is 5. The highest BCUT2D eigenvalue weighted by atomic mass is 16.3. The fourth-order valence-electron chi connectivity index (χ4n) is 2.74. The summed E-state index contributed by atoms with van der Waals surface area (Å²) in [4.78, 5) is 4.77. The van der Waals surface area contributed by atoms with E-state index in [0.717, 1.165) is 39.3 Å². The summed E-state index contributed by atoms with van der Waals surface area (Å²) in [6, 6.07) is 6.72. The second-order valence-corrected chi connectivity index (χ2v) is 5.20. The molecule has 1 aliphatic rings. The number of aryl methyl sites for hydroxylation is 1. The second kappa shape index (κ2) is 6.89. The molecule has 0 aliphatic carbocycles. The van der Waals surface area contributed by atoms with Gasteiger partial charge in [-0.3, -0.25) is 4.90 Å². The first-order chi connectivity index (χ1) is 9.24. The molecule has 0 amide bonds. The summed E-state index contributed by atoms with van der Waals surface area (Å²) in [5, 5.41) is 12.2. The third-order valence-corrected chi connectivity index (χ3v) is 3.77. The molecule has 19 heavy (non-hydrogen) atoms. The third kappa shape index (κ3) is 3.69. The lowest BCUT2D eigenvalue weighted by molar-refractivity contribution is 0.188. The minimum Gasteiger partial charge on any atom is -0.395 e. The Balaban J connectivity index is 1.99. The zero-order valence-electron chi connectivity index (χ0n) is 12.0. The van der Waals surface area contributed by atoms with Crippen LogP contribution in [-0.4, -0.2) is 56.4 Å². The highest BCUT2D eigenvalue weighted by Gasteiger charge is 2.17. The van der Waals surface area contributed by atoms with Gasteiger partial charge in [-0.25, -0.2) is 0 Å². The fourth-order valence-corrected chi connectivity index (χ4v) is 2.74. The minimum absolute atomic E-state index is 0.262. The number of hydrogen-bond donors (Lipinski definition) is 2. The molecular weight excluding hydrogens is 238 g/mol. The topological polar surface area (TPSA) is 38.7 Å². The molecule has 0 bridgehead atoms. The first kappa shape index (κ1) is 14.3. The molecule has 4 heteroatoms. The van der Waals surface area contributed by atoms with Crippen molar-refractivity contribution >= 4 is 5.69 Å². The molecule has 0 saturated carbocycles. The predicted molar refractivity (Wildman–Crippen MR) is 79.7 cm³/mol. The average Bonchev–Trinajstić information content (AvgIpc) is 2.41. The van der Waals surface area contributed by atoms with Crippen molar-refractivity contribution in [2.75, 3.05) is 51.3 Å². The normalized spacial score (nSPS) is 16.9. The van der Waals surface area contributed by atoms with Crippen molar-refractivity contribution in [3.63, 3.8) is 0 Å². The molecule has 0 unspecified atom stereocenters. The minimum atomic E-state index is 0.262. The van der Waals surface area contributed by atoms with Gasteiger partial charge in [-0.05, 0) is 31.2 Å². The van der Waals surface area contributed by atoms with Crippen LogP contribution in [0.4, 0.5) is 5.69 Å². The highest BCUT2D eigenvalue weighted by Crippen LogP contribution is 2.22. The number of hydrogen-bond acceptors (Lipinski definition) is 4. The summed E-state index contributed by atoms with van der Waals surface area (Å²) in [6.07, 6.45) is 0. The van der Waals surface area contributed by atoms with Crippen LogP contribution >= 0.6 is 0 Å². The molecule has 106 valence electrons. The summed E-state index contributed by atoms with van der Waals surface area (Å²) in [7, 11) is 1.98. The number of piperazine rings is 1. The SMILES string of the molecule is CNCc1ccc(N2CCN(CCO)CC2)c(C)c1. The van der Waals surface area contributed by atoms with E-state index >= 15 is 0 Å². The van der Waals surface area contributed by atoms with Gasteiger partial charge in [0.2, 0.25) is 0 Å². The predicted octanol–water partition coefficient (Wildman–Crippen LogP) is 0.829. The molecule has 0 atom stereocenters. The molecule has 0 spiro atoms. The number of aliphatic hydroxyl groups excluding tert-OH is 1. The summed E-state index contributed by atoms with van der Waals surface area (Å²) < 4.78 is 0. The maximum absolute atomic E-state index is 8.97. The Morgan fingerprint density at radius 3 is 2.53 bits per heavy atom. The lowest BCUT2D eigenvalue weighted by atomic mass is 10.1.